The predicted octanol–water partition coefficient (Wildman–Crippen LogP) is 5.03. The topological polar surface area (TPSA) is 67.2 Å². The number of halogens is 1. The molecule has 0 bridgehead atoms. The highest BCUT2D eigenvalue weighted by molar-refractivity contribution is 6.30. The van der Waals surface area contributed by atoms with Gasteiger partial charge in [-0.05, 0) is 49.2 Å². The maximum atomic E-state index is 13.5. The Balaban J connectivity index is 1.45. The molecule has 0 aliphatic heterocycles. The molecule has 0 spiro atoms. The first-order chi connectivity index (χ1) is 17.4. The highest BCUT2D eigenvalue weighted by atomic mass is 35.5. The van der Waals surface area contributed by atoms with Crippen LogP contribution in [0.4, 0.5) is 0 Å². The number of hydrogen-bond acceptors (Lipinski definition) is 3. The fraction of sp³-hybridized carbons (Fsp3) is 0.276. The van der Waals surface area contributed by atoms with Crippen molar-refractivity contribution in [3.05, 3.63) is 101 Å². The van der Waals surface area contributed by atoms with Crippen LogP contribution in [-0.4, -0.2) is 38.9 Å². The number of amides is 2. The van der Waals surface area contributed by atoms with Gasteiger partial charge in [0, 0.05) is 30.6 Å². The Kier molecular flexibility index (Phi) is 8.39. The second-order valence-corrected chi connectivity index (χ2v) is 9.54. The standard InChI is InChI=1S/C29H31ClN4O2/c1-21(2)33(19-23-8-4-3-5-9-23)29(36)20-34-26-11-7-6-10-25(26)32-27(34)16-17-31-28(35)18-22-12-14-24(30)15-13-22/h3-15,21H,16-20H2,1-2H3,(H,31,35). The Morgan fingerprint density at radius 2 is 1.64 bits per heavy atom. The Morgan fingerprint density at radius 1 is 0.944 bits per heavy atom. The number of benzene rings is 3. The molecule has 4 aromatic rings. The highest BCUT2D eigenvalue weighted by Crippen LogP contribution is 2.18. The molecule has 186 valence electrons. The van der Waals surface area contributed by atoms with Crippen LogP contribution in [0.25, 0.3) is 11.0 Å². The number of hydrogen-bond donors (Lipinski definition) is 1. The molecule has 4 rings (SSSR count). The van der Waals surface area contributed by atoms with E-state index in [1.807, 2.05) is 90.0 Å². The lowest BCUT2D eigenvalue weighted by Gasteiger charge is -2.27. The van der Waals surface area contributed by atoms with Gasteiger partial charge in [-0.1, -0.05) is 66.2 Å². The van der Waals surface area contributed by atoms with Gasteiger partial charge in [-0.3, -0.25) is 9.59 Å². The van der Waals surface area contributed by atoms with E-state index in [4.69, 9.17) is 16.6 Å². The van der Waals surface area contributed by atoms with Crippen molar-refractivity contribution >= 4 is 34.4 Å². The van der Waals surface area contributed by atoms with Crippen LogP contribution >= 0.6 is 11.6 Å². The lowest BCUT2D eigenvalue weighted by molar-refractivity contribution is -0.134. The van der Waals surface area contributed by atoms with Crippen molar-refractivity contribution in [2.45, 2.75) is 45.8 Å². The molecule has 2 amide bonds. The van der Waals surface area contributed by atoms with Crippen LogP contribution in [0.1, 0.15) is 30.8 Å². The average Bonchev–Trinajstić information content (AvgIpc) is 3.21. The third-order valence-corrected chi connectivity index (χ3v) is 6.37. The molecule has 0 aliphatic rings. The maximum Gasteiger partial charge on any atom is 0.243 e. The van der Waals surface area contributed by atoms with Crippen molar-refractivity contribution in [2.24, 2.45) is 0 Å². The molecule has 36 heavy (non-hydrogen) atoms. The van der Waals surface area contributed by atoms with Crippen molar-refractivity contribution in [1.82, 2.24) is 19.8 Å². The van der Waals surface area contributed by atoms with Gasteiger partial charge >= 0.3 is 0 Å². The normalized spacial score (nSPS) is 11.1. The summed E-state index contributed by atoms with van der Waals surface area (Å²) in [7, 11) is 0. The molecule has 1 heterocycles. The molecule has 0 atom stereocenters. The largest absolute Gasteiger partial charge is 0.355 e. The molecule has 6 nitrogen and oxygen atoms in total. The van der Waals surface area contributed by atoms with E-state index >= 15 is 0 Å². The van der Waals surface area contributed by atoms with Crippen LogP contribution in [0.15, 0.2) is 78.9 Å². The zero-order valence-corrected chi connectivity index (χ0v) is 21.4. The molecule has 0 fully saturated rings. The predicted molar refractivity (Wildman–Crippen MR) is 144 cm³/mol. The third kappa shape index (κ3) is 6.52. The molecule has 1 aromatic heterocycles. The van der Waals surface area contributed by atoms with Crippen molar-refractivity contribution in [3.63, 3.8) is 0 Å². The zero-order valence-electron chi connectivity index (χ0n) is 20.7. The molecular weight excluding hydrogens is 472 g/mol. The number of imidazole rings is 1. The molecule has 1 N–H and O–H groups in total. The first-order valence-corrected chi connectivity index (χ1v) is 12.6. The lowest BCUT2D eigenvalue weighted by Crippen LogP contribution is -2.39. The van der Waals surface area contributed by atoms with Crippen LogP contribution in [0.3, 0.4) is 0 Å². The first-order valence-electron chi connectivity index (χ1n) is 12.2. The van der Waals surface area contributed by atoms with Crippen LogP contribution in [0, 0.1) is 0 Å². The van der Waals surface area contributed by atoms with Gasteiger partial charge in [0.05, 0.1) is 17.5 Å². The van der Waals surface area contributed by atoms with Crippen LogP contribution < -0.4 is 5.32 Å². The number of nitrogens with zero attached hydrogens (tertiary/aromatic N) is 3. The van der Waals surface area contributed by atoms with Crippen molar-refractivity contribution in [2.75, 3.05) is 6.54 Å². The van der Waals surface area contributed by atoms with E-state index in [2.05, 4.69) is 5.32 Å². The summed E-state index contributed by atoms with van der Waals surface area (Å²) in [5.74, 6) is 0.745. The molecule has 0 saturated carbocycles. The van der Waals surface area contributed by atoms with E-state index in [0.717, 1.165) is 28.0 Å². The van der Waals surface area contributed by atoms with E-state index in [0.29, 0.717) is 24.5 Å². The van der Waals surface area contributed by atoms with E-state index in [1.165, 1.54) is 0 Å². The summed E-state index contributed by atoms with van der Waals surface area (Å²) >= 11 is 5.92. The number of nitrogens with one attached hydrogen (secondary N) is 1. The van der Waals surface area contributed by atoms with Crippen molar-refractivity contribution < 1.29 is 9.59 Å². The summed E-state index contributed by atoms with van der Waals surface area (Å²) in [5, 5.41) is 3.62. The minimum absolute atomic E-state index is 0.0324. The van der Waals surface area contributed by atoms with Gasteiger partial charge in [0.15, 0.2) is 0 Å². The fourth-order valence-electron chi connectivity index (χ4n) is 4.22. The Labute approximate surface area is 216 Å². The number of rotatable bonds is 10. The summed E-state index contributed by atoms with van der Waals surface area (Å²) in [6, 6.07) is 25.2. The molecule has 0 aliphatic carbocycles. The highest BCUT2D eigenvalue weighted by Gasteiger charge is 2.21. The molecular formula is C29H31ClN4O2. The van der Waals surface area contributed by atoms with Crippen molar-refractivity contribution in [3.8, 4) is 0 Å². The maximum absolute atomic E-state index is 13.5. The van der Waals surface area contributed by atoms with E-state index in [1.54, 1.807) is 12.1 Å². The van der Waals surface area contributed by atoms with Crippen LogP contribution in [0.2, 0.25) is 5.02 Å². The summed E-state index contributed by atoms with van der Waals surface area (Å²) in [6.07, 6.45) is 0.809. The van der Waals surface area contributed by atoms with Gasteiger partial charge in [0.2, 0.25) is 11.8 Å². The minimum atomic E-state index is -0.0649. The minimum Gasteiger partial charge on any atom is -0.355 e. The second kappa shape index (κ2) is 11.9. The Hall–Kier alpha value is -3.64. The quantitative estimate of drug-likeness (QED) is 0.331. The molecule has 0 saturated heterocycles. The lowest BCUT2D eigenvalue weighted by atomic mass is 10.1. The number of aromatic nitrogens is 2. The van der Waals surface area contributed by atoms with E-state index in [9.17, 15) is 9.59 Å². The van der Waals surface area contributed by atoms with Crippen LogP contribution in [-0.2, 0) is 35.5 Å². The summed E-state index contributed by atoms with van der Waals surface area (Å²) < 4.78 is 1.98. The molecule has 0 radical (unpaired) electrons. The molecule has 0 unspecified atom stereocenters. The van der Waals surface area contributed by atoms with Gasteiger partial charge < -0.3 is 14.8 Å². The van der Waals surface area contributed by atoms with Crippen molar-refractivity contribution in [1.29, 1.82) is 0 Å². The van der Waals surface area contributed by atoms with Gasteiger partial charge in [0.1, 0.15) is 12.4 Å². The summed E-state index contributed by atoms with van der Waals surface area (Å²) in [4.78, 5) is 32.5. The van der Waals surface area contributed by atoms with Gasteiger partial charge in [-0.25, -0.2) is 4.98 Å². The zero-order chi connectivity index (χ0) is 25.5. The van der Waals surface area contributed by atoms with Crippen LogP contribution in [0.5, 0.6) is 0 Å². The summed E-state index contributed by atoms with van der Waals surface area (Å²) in [6.45, 7) is 5.25. The first kappa shape index (κ1) is 25.5. The molecule has 3 aromatic carbocycles. The number of carbonyl (C=O) groups excluding carboxylic acids is 2. The molecule has 7 heteroatoms. The SMILES string of the molecule is CC(C)N(Cc1ccccc1)C(=O)Cn1c(CCNC(=O)Cc2ccc(Cl)cc2)nc2ccccc21. The van der Waals surface area contributed by atoms with E-state index in [-0.39, 0.29) is 30.8 Å². The fourth-order valence-corrected chi connectivity index (χ4v) is 4.35. The average molecular weight is 503 g/mol. The Morgan fingerprint density at radius 3 is 2.36 bits per heavy atom. The third-order valence-electron chi connectivity index (χ3n) is 6.12. The van der Waals surface area contributed by atoms with Gasteiger partial charge in [-0.15, -0.1) is 0 Å². The number of para-hydroxylation sites is 2. The van der Waals surface area contributed by atoms with Gasteiger partial charge in [0.25, 0.3) is 0 Å². The number of fused-ring (bicyclic) bond motifs is 1. The monoisotopic (exact) mass is 502 g/mol. The number of carbonyl (C=O) groups is 2. The Bertz CT molecular complexity index is 1320. The van der Waals surface area contributed by atoms with Gasteiger partial charge in [-0.2, -0.15) is 0 Å². The second-order valence-electron chi connectivity index (χ2n) is 9.11. The summed E-state index contributed by atoms with van der Waals surface area (Å²) in [5.41, 5.74) is 3.75. The van der Waals surface area contributed by atoms with E-state index < -0.39 is 0 Å². The smallest absolute Gasteiger partial charge is 0.243 e.